The van der Waals surface area contributed by atoms with Gasteiger partial charge in [0.15, 0.2) is 0 Å². The van der Waals surface area contributed by atoms with Crippen LogP contribution in [0.4, 0.5) is 0 Å². The second-order valence-corrected chi connectivity index (χ2v) is 4.88. The second kappa shape index (κ2) is 5.62. The van der Waals surface area contributed by atoms with Crippen molar-refractivity contribution < 1.29 is 4.74 Å². The van der Waals surface area contributed by atoms with Crippen LogP contribution in [-0.2, 0) is 6.42 Å². The first kappa shape index (κ1) is 11.9. The number of ether oxygens (including phenoxy) is 1. The van der Waals surface area contributed by atoms with Gasteiger partial charge in [-0.25, -0.2) is 0 Å². The number of benzene rings is 1. The van der Waals surface area contributed by atoms with Crippen molar-refractivity contribution in [3.63, 3.8) is 0 Å². The third-order valence-corrected chi connectivity index (χ3v) is 3.06. The summed E-state index contributed by atoms with van der Waals surface area (Å²) in [7, 11) is 1.68. The topological polar surface area (TPSA) is 9.23 Å². The number of hydrogen-bond donors (Lipinski definition) is 0. The van der Waals surface area contributed by atoms with Crippen LogP contribution in [0.15, 0.2) is 22.7 Å². The molecular weight excluding hydrogens is 263 g/mol. The molecule has 0 N–H and O–H groups in total. The number of halogens is 2. The molecule has 0 saturated carbocycles. The van der Waals surface area contributed by atoms with Crippen LogP contribution < -0.4 is 4.74 Å². The molecular formula is C11H14BrClO. The molecule has 1 unspecified atom stereocenters. The monoisotopic (exact) mass is 276 g/mol. The Morgan fingerprint density at radius 2 is 2.21 bits per heavy atom. The van der Waals surface area contributed by atoms with E-state index in [1.165, 1.54) is 5.56 Å². The largest absolute Gasteiger partial charge is 0.497 e. The standard InChI is InChI=1S/C11H14BrClO/c1-8(13)3-4-9-7-10(14-2)5-6-11(9)12/h5-8H,3-4H2,1-2H3. The van der Waals surface area contributed by atoms with Gasteiger partial charge in [-0.15, -0.1) is 11.6 Å². The molecule has 1 atom stereocenters. The average Bonchev–Trinajstić information content (AvgIpc) is 2.16. The van der Waals surface area contributed by atoms with E-state index in [0.29, 0.717) is 0 Å². The highest BCUT2D eigenvalue weighted by atomic mass is 79.9. The SMILES string of the molecule is COc1ccc(Br)c(CCC(C)Cl)c1. The molecule has 78 valence electrons. The second-order valence-electron chi connectivity index (χ2n) is 3.28. The smallest absolute Gasteiger partial charge is 0.119 e. The Kier molecular flexibility index (Phi) is 4.76. The summed E-state index contributed by atoms with van der Waals surface area (Å²) < 4.78 is 6.28. The van der Waals surface area contributed by atoms with Gasteiger partial charge in [-0.1, -0.05) is 15.9 Å². The molecule has 0 spiro atoms. The minimum absolute atomic E-state index is 0.216. The fraction of sp³-hybridized carbons (Fsp3) is 0.455. The average molecular weight is 278 g/mol. The fourth-order valence-electron chi connectivity index (χ4n) is 1.22. The fourth-order valence-corrected chi connectivity index (χ4v) is 1.78. The van der Waals surface area contributed by atoms with E-state index >= 15 is 0 Å². The third-order valence-electron chi connectivity index (χ3n) is 2.06. The van der Waals surface area contributed by atoms with E-state index in [1.807, 2.05) is 25.1 Å². The highest BCUT2D eigenvalue weighted by molar-refractivity contribution is 9.10. The summed E-state index contributed by atoms with van der Waals surface area (Å²) in [5, 5.41) is 0.216. The number of aryl methyl sites for hydroxylation is 1. The van der Waals surface area contributed by atoms with Crippen molar-refractivity contribution in [2.75, 3.05) is 7.11 Å². The van der Waals surface area contributed by atoms with E-state index < -0.39 is 0 Å². The van der Waals surface area contributed by atoms with Crippen LogP contribution in [0, 0.1) is 0 Å². The molecule has 0 aliphatic carbocycles. The Balaban J connectivity index is 2.73. The van der Waals surface area contributed by atoms with E-state index in [2.05, 4.69) is 15.9 Å². The molecule has 0 aromatic heterocycles. The van der Waals surface area contributed by atoms with Crippen LogP contribution in [0.25, 0.3) is 0 Å². The van der Waals surface area contributed by atoms with E-state index in [0.717, 1.165) is 23.1 Å². The summed E-state index contributed by atoms with van der Waals surface area (Å²) in [5.74, 6) is 0.894. The van der Waals surface area contributed by atoms with Crippen molar-refractivity contribution in [1.29, 1.82) is 0 Å². The quantitative estimate of drug-likeness (QED) is 0.755. The van der Waals surface area contributed by atoms with E-state index in [1.54, 1.807) is 7.11 Å². The molecule has 14 heavy (non-hydrogen) atoms. The molecule has 1 nitrogen and oxygen atoms in total. The van der Waals surface area contributed by atoms with Crippen molar-refractivity contribution in [3.05, 3.63) is 28.2 Å². The van der Waals surface area contributed by atoms with Gasteiger partial charge in [0.25, 0.3) is 0 Å². The van der Waals surface area contributed by atoms with Crippen LogP contribution in [0.2, 0.25) is 0 Å². The zero-order chi connectivity index (χ0) is 10.6. The molecule has 3 heteroatoms. The van der Waals surface area contributed by atoms with Gasteiger partial charge in [-0.3, -0.25) is 0 Å². The minimum atomic E-state index is 0.216. The first-order valence-electron chi connectivity index (χ1n) is 4.60. The molecule has 0 amide bonds. The third kappa shape index (κ3) is 3.50. The normalized spacial score (nSPS) is 12.6. The van der Waals surface area contributed by atoms with Gasteiger partial charge >= 0.3 is 0 Å². The molecule has 0 bridgehead atoms. The minimum Gasteiger partial charge on any atom is -0.497 e. The van der Waals surface area contributed by atoms with Gasteiger partial charge in [-0.05, 0) is 43.5 Å². The lowest BCUT2D eigenvalue weighted by molar-refractivity contribution is 0.414. The Morgan fingerprint density at radius 1 is 1.50 bits per heavy atom. The maximum atomic E-state index is 5.91. The van der Waals surface area contributed by atoms with Crippen LogP contribution in [0.3, 0.4) is 0 Å². The first-order chi connectivity index (χ1) is 6.63. The number of methoxy groups -OCH3 is 1. The molecule has 0 fully saturated rings. The molecule has 1 rings (SSSR count). The lowest BCUT2D eigenvalue weighted by Gasteiger charge is -2.08. The van der Waals surface area contributed by atoms with Gasteiger partial charge < -0.3 is 4.74 Å². The predicted molar refractivity (Wildman–Crippen MR) is 64.3 cm³/mol. The van der Waals surface area contributed by atoms with Gasteiger partial charge in [-0.2, -0.15) is 0 Å². The van der Waals surface area contributed by atoms with Gasteiger partial charge in [0.1, 0.15) is 5.75 Å². The molecule has 0 aliphatic heterocycles. The van der Waals surface area contributed by atoms with Crippen molar-refractivity contribution in [1.82, 2.24) is 0 Å². The zero-order valence-electron chi connectivity index (χ0n) is 8.39. The Hall–Kier alpha value is -0.210. The van der Waals surface area contributed by atoms with Crippen LogP contribution >= 0.6 is 27.5 Å². The lowest BCUT2D eigenvalue weighted by Crippen LogP contribution is -1.96. The summed E-state index contributed by atoms with van der Waals surface area (Å²) in [5.41, 5.74) is 1.25. The summed E-state index contributed by atoms with van der Waals surface area (Å²) in [6, 6.07) is 5.99. The van der Waals surface area contributed by atoms with E-state index in [9.17, 15) is 0 Å². The molecule has 1 aromatic rings. The van der Waals surface area contributed by atoms with Crippen molar-refractivity contribution in [3.8, 4) is 5.75 Å². The number of hydrogen-bond acceptors (Lipinski definition) is 1. The Labute approximate surface area is 98.5 Å². The van der Waals surface area contributed by atoms with E-state index in [-0.39, 0.29) is 5.38 Å². The molecule has 0 heterocycles. The van der Waals surface area contributed by atoms with Crippen LogP contribution in [0.5, 0.6) is 5.75 Å². The zero-order valence-corrected chi connectivity index (χ0v) is 10.7. The Bertz CT molecular complexity index is 299. The van der Waals surface area contributed by atoms with Crippen LogP contribution in [-0.4, -0.2) is 12.5 Å². The predicted octanol–water partition coefficient (Wildman–Crippen LogP) is 4.02. The summed E-state index contributed by atoms with van der Waals surface area (Å²) in [6.45, 7) is 2.01. The molecule has 0 aliphatic rings. The lowest BCUT2D eigenvalue weighted by atomic mass is 10.1. The van der Waals surface area contributed by atoms with Crippen molar-refractivity contribution in [2.24, 2.45) is 0 Å². The first-order valence-corrected chi connectivity index (χ1v) is 5.83. The molecule has 1 aromatic carbocycles. The van der Waals surface area contributed by atoms with E-state index in [4.69, 9.17) is 16.3 Å². The van der Waals surface area contributed by atoms with Crippen molar-refractivity contribution >= 4 is 27.5 Å². The van der Waals surface area contributed by atoms with Gasteiger partial charge in [0, 0.05) is 9.85 Å². The summed E-state index contributed by atoms with van der Waals surface area (Å²) in [6.07, 6.45) is 1.95. The summed E-state index contributed by atoms with van der Waals surface area (Å²) >= 11 is 9.42. The molecule has 0 saturated heterocycles. The van der Waals surface area contributed by atoms with Crippen LogP contribution in [0.1, 0.15) is 18.9 Å². The maximum absolute atomic E-state index is 5.91. The highest BCUT2D eigenvalue weighted by Gasteiger charge is 2.04. The highest BCUT2D eigenvalue weighted by Crippen LogP contribution is 2.24. The Morgan fingerprint density at radius 3 is 2.79 bits per heavy atom. The summed E-state index contributed by atoms with van der Waals surface area (Å²) in [4.78, 5) is 0. The number of rotatable bonds is 4. The van der Waals surface area contributed by atoms with Gasteiger partial charge in [0.05, 0.1) is 7.11 Å². The van der Waals surface area contributed by atoms with Gasteiger partial charge in [0.2, 0.25) is 0 Å². The molecule has 0 radical (unpaired) electrons. The van der Waals surface area contributed by atoms with Crippen molar-refractivity contribution in [2.45, 2.75) is 25.1 Å². The maximum Gasteiger partial charge on any atom is 0.119 e. The number of alkyl halides is 1.